The van der Waals surface area contributed by atoms with Gasteiger partial charge >= 0.3 is 18.1 Å². The Morgan fingerprint density at radius 2 is 1.74 bits per heavy atom. The Hall–Kier alpha value is -3.52. The third-order valence-corrected chi connectivity index (χ3v) is 8.43. The van der Waals surface area contributed by atoms with E-state index in [9.17, 15) is 47.9 Å². The molecule has 0 bridgehead atoms. The van der Waals surface area contributed by atoms with Gasteiger partial charge in [0, 0.05) is 50.3 Å². The van der Waals surface area contributed by atoms with Crippen molar-refractivity contribution in [2.45, 2.75) is 38.3 Å². The number of carboxylic acid groups (broad SMARTS) is 2. The van der Waals surface area contributed by atoms with Crippen molar-refractivity contribution in [1.82, 2.24) is 4.90 Å². The van der Waals surface area contributed by atoms with E-state index in [4.69, 9.17) is 0 Å². The molecule has 2 fully saturated rings. The van der Waals surface area contributed by atoms with Crippen LogP contribution in [-0.2, 0) is 15.8 Å². The predicted octanol–water partition coefficient (Wildman–Crippen LogP) is 4.44. The highest BCUT2D eigenvalue weighted by Gasteiger charge is 2.36. The molecule has 0 unspecified atom stereocenters. The topological polar surface area (TPSA) is 141 Å². The van der Waals surface area contributed by atoms with E-state index in [1.165, 1.54) is 19.3 Å². The minimum Gasteiger partial charge on any atom is -0.478 e. The second-order valence-corrected chi connectivity index (χ2v) is 10.7. The lowest BCUT2D eigenvalue weighted by atomic mass is 9.89. The number of halogens is 3. The number of carbonyl (C=O) groups is 2. The van der Waals surface area contributed by atoms with E-state index in [1.807, 2.05) is 0 Å². The Balaban J connectivity index is 1.85. The molecule has 1 aromatic carbocycles. The molecule has 0 spiro atoms. The first kappa shape index (κ1) is 28.5. The highest BCUT2D eigenvalue weighted by molar-refractivity contribution is 7.23. The fourth-order valence-corrected chi connectivity index (χ4v) is 6.57. The van der Waals surface area contributed by atoms with Crippen LogP contribution in [-0.4, -0.2) is 64.7 Å². The molecule has 1 saturated heterocycles. The SMILES string of the molecule is O=C(O)/C=C(\C(=O)O)c1c(N2CCN(CC3CCCCC3)CC2)sc2c([N+](=O)[O-])cc(C(F)(F)F)cc2c1=O. The number of non-ortho nitro benzene ring substituents is 1. The van der Waals surface area contributed by atoms with Crippen molar-refractivity contribution in [1.29, 1.82) is 0 Å². The average molecular weight is 570 g/mol. The summed E-state index contributed by atoms with van der Waals surface area (Å²) < 4.78 is 40.2. The zero-order valence-corrected chi connectivity index (χ0v) is 21.5. The first-order valence-electron chi connectivity index (χ1n) is 12.4. The summed E-state index contributed by atoms with van der Waals surface area (Å²) in [5.41, 5.74) is -5.11. The highest BCUT2D eigenvalue weighted by atomic mass is 32.1. The van der Waals surface area contributed by atoms with Crippen molar-refractivity contribution in [3.8, 4) is 0 Å². The summed E-state index contributed by atoms with van der Waals surface area (Å²) in [6.45, 7) is 2.62. The number of hydrogen-bond acceptors (Lipinski definition) is 8. The summed E-state index contributed by atoms with van der Waals surface area (Å²) in [7, 11) is 0. The number of alkyl halides is 3. The summed E-state index contributed by atoms with van der Waals surface area (Å²) >= 11 is 0.619. The first-order chi connectivity index (χ1) is 18.4. The van der Waals surface area contributed by atoms with Gasteiger partial charge in [-0.15, -0.1) is 11.3 Å². The number of anilines is 1. The normalized spacial score (nSPS) is 17.9. The number of carboxylic acids is 2. The predicted molar refractivity (Wildman–Crippen MR) is 138 cm³/mol. The van der Waals surface area contributed by atoms with Crippen LogP contribution in [0.5, 0.6) is 0 Å². The quantitative estimate of drug-likeness (QED) is 0.281. The summed E-state index contributed by atoms with van der Waals surface area (Å²) in [5, 5.41) is 30.0. The van der Waals surface area contributed by atoms with Crippen LogP contribution in [0.2, 0.25) is 0 Å². The molecule has 0 radical (unpaired) electrons. The molecular formula is C25H26F3N3O7S. The Morgan fingerprint density at radius 3 is 2.28 bits per heavy atom. The molecule has 14 heteroatoms. The number of rotatable bonds is 7. The van der Waals surface area contributed by atoms with Gasteiger partial charge in [0.25, 0.3) is 5.69 Å². The molecule has 10 nitrogen and oxygen atoms in total. The summed E-state index contributed by atoms with van der Waals surface area (Å²) in [4.78, 5) is 51.7. The van der Waals surface area contributed by atoms with Gasteiger partial charge in [0.15, 0.2) is 5.43 Å². The maximum atomic E-state index is 13.6. The van der Waals surface area contributed by atoms with Crippen LogP contribution in [0, 0.1) is 16.0 Å². The molecule has 2 aromatic rings. The third-order valence-electron chi connectivity index (χ3n) is 7.15. The van der Waals surface area contributed by atoms with E-state index in [0.717, 1.165) is 19.4 Å². The summed E-state index contributed by atoms with van der Waals surface area (Å²) in [6.07, 6.45) is 1.16. The van der Waals surface area contributed by atoms with Crippen LogP contribution in [0.3, 0.4) is 0 Å². The van der Waals surface area contributed by atoms with E-state index >= 15 is 0 Å². The molecule has 4 rings (SSSR count). The van der Waals surface area contributed by atoms with Crippen LogP contribution in [0.1, 0.15) is 43.2 Å². The van der Waals surface area contributed by atoms with Crippen molar-refractivity contribution in [2.24, 2.45) is 5.92 Å². The molecule has 2 N–H and O–H groups in total. The van der Waals surface area contributed by atoms with Crippen LogP contribution in [0.25, 0.3) is 15.7 Å². The average Bonchev–Trinajstić information content (AvgIpc) is 2.87. The van der Waals surface area contributed by atoms with E-state index in [2.05, 4.69) is 4.90 Å². The van der Waals surface area contributed by atoms with E-state index in [1.54, 1.807) is 4.90 Å². The van der Waals surface area contributed by atoms with E-state index < -0.39 is 56.2 Å². The number of fused-ring (bicyclic) bond motifs is 1. The van der Waals surface area contributed by atoms with Gasteiger partial charge in [0.2, 0.25) is 0 Å². The van der Waals surface area contributed by atoms with Crippen molar-refractivity contribution in [3.63, 3.8) is 0 Å². The second-order valence-electron chi connectivity index (χ2n) is 9.73. The number of piperazine rings is 1. The van der Waals surface area contributed by atoms with E-state index in [0.29, 0.717) is 61.6 Å². The summed E-state index contributed by atoms with van der Waals surface area (Å²) in [5.74, 6) is -2.87. The van der Waals surface area contributed by atoms with Crippen molar-refractivity contribution in [3.05, 3.63) is 49.7 Å². The highest BCUT2D eigenvalue weighted by Crippen LogP contribution is 2.42. The largest absolute Gasteiger partial charge is 0.478 e. The molecule has 210 valence electrons. The number of nitrogens with zero attached hydrogens (tertiary/aromatic N) is 3. The number of hydrogen-bond donors (Lipinski definition) is 2. The van der Waals surface area contributed by atoms with Crippen molar-refractivity contribution >= 4 is 49.6 Å². The molecule has 1 aromatic heterocycles. The van der Waals surface area contributed by atoms with Gasteiger partial charge in [-0.05, 0) is 24.8 Å². The second kappa shape index (κ2) is 11.3. The lowest BCUT2D eigenvalue weighted by Gasteiger charge is -2.38. The number of nitro benzene ring substituents is 1. The minimum atomic E-state index is -5.02. The fourth-order valence-electron chi connectivity index (χ4n) is 5.26. The Morgan fingerprint density at radius 1 is 1.10 bits per heavy atom. The lowest BCUT2D eigenvalue weighted by molar-refractivity contribution is -0.383. The molecular weight excluding hydrogens is 543 g/mol. The maximum absolute atomic E-state index is 13.6. The van der Waals surface area contributed by atoms with Crippen LogP contribution in [0.4, 0.5) is 23.9 Å². The monoisotopic (exact) mass is 569 g/mol. The van der Waals surface area contributed by atoms with Crippen LogP contribution < -0.4 is 10.3 Å². The van der Waals surface area contributed by atoms with Crippen LogP contribution in [0.15, 0.2) is 23.0 Å². The number of aliphatic carboxylic acids is 2. The Kier molecular flexibility index (Phi) is 8.25. The lowest BCUT2D eigenvalue weighted by Crippen LogP contribution is -2.48. The van der Waals surface area contributed by atoms with Gasteiger partial charge < -0.3 is 15.1 Å². The maximum Gasteiger partial charge on any atom is 0.416 e. The minimum absolute atomic E-state index is 0.0254. The first-order valence-corrected chi connectivity index (χ1v) is 13.2. The fraction of sp³-hybridized carbons (Fsp3) is 0.480. The smallest absolute Gasteiger partial charge is 0.416 e. The molecule has 1 aliphatic heterocycles. The number of nitro groups is 1. The van der Waals surface area contributed by atoms with Gasteiger partial charge in [0.1, 0.15) is 9.70 Å². The van der Waals surface area contributed by atoms with Gasteiger partial charge in [-0.3, -0.25) is 19.8 Å². The molecule has 2 heterocycles. The molecule has 1 aliphatic carbocycles. The standard InChI is InChI=1S/C25H26F3N3O7S/c26-25(27,28)15-10-17-21(34)20(16(24(35)36)12-19(32)33)23(39-22(17)18(11-15)31(37)38)30-8-6-29(7-9-30)13-14-4-2-1-3-5-14/h10-12,14H,1-9,13H2,(H,32,33)(H,35,36)/b16-12-. The van der Waals surface area contributed by atoms with Crippen molar-refractivity contribution < 1.29 is 37.9 Å². The van der Waals surface area contributed by atoms with Gasteiger partial charge in [-0.25, -0.2) is 9.59 Å². The Labute approximate surface area is 224 Å². The van der Waals surface area contributed by atoms with E-state index in [-0.39, 0.29) is 9.70 Å². The van der Waals surface area contributed by atoms with Gasteiger partial charge in [-0.1, -0.05) is 19.3 Å². The summed E-state index contributed by atoms with van der Waals surface area (Å²) in [6, 6.07) is 0.784. The molecule has 39 heavy (non-hydrogen) atoms. The van der Waals surface area contributed by atoms with Crippen molar-refractivity contribution in [2.75, 3.05) is 37.6 Å². The molecule has 2 aliphatic rings. The molecule has 1 saturated carbocycles. The molecule has 0 atom stereocenters. The Bertz CT molecular complexity index is 1390. The number of benzene rings is 1. The van der Waals surface area contributed by atoms with Gasteiger partial charge in [0.05, 0.1) is 21.6 Å². The zero-order valence-electron chi connectivity index (χ0n) is 20.7. The molecule has 0 amide bonds. The third kappa shape index (κ3) is 6.22. The zero-order chi connectivity index (χ0) is 28.5. The van der Waals surface area contributed by atoms with Crippen LogP contribution >= 0.6 is 11.3 Å². The van der Waals surface area contributed by atoms with Gasteiger partial charge in [-0.2, -0.15) is 13.2 Å².